The number of nitrogen functional groups attached to an aromatic ring is 2. The van der Waals surface area contributed by atoms with Crippen molar-refractivity contribution in [2.75, 3.05) is 17.7 Å². The molecular weight excluding hydrogens is 216 g/mol. The summed E-state index contributed by atoms with van der Waals surface area (Å²) in [5.74, 6) is 0. The summed E-state index contributed by atoms with van der Waals surface area (Å²) < 4.78 is 0. The first kappa shape index (κ1) is 10.9. The minimum absolute atomic E-state index is 0.757. The molecular formula is C13H14N2S. The van der Waals surface area contributed by atoms with Crippen LogP contribution in [0.3, 0.4) is 0 Å². The first-order chi connectivity index (χ1) is 7.72. The lowest BCUT2D eigenvalue weighted by Gasteiger charge is -2.11. The topological polar surface area (TPSA) is 52.0 Å². The third-order valence-corrected chi connectivity index (χ3v) is 3.23. The number of anilines is 2. The van der Waals surface area contributed by atoms with Crippen LogP contribution in [0.2, 0.25) is 0 Å². The normalized spacial score (nSPS) is 10.3. The average molecular weight is 230 g/mol. The number of hydrogen-bond acceptors (Lipinski definition) is 3. The van der Waals surface area contributed by atoms with Crippen LogP contribution in [0.1, 0.15) is 0 Å². The van der Waals surface area contributed by atoms with Crippen molar-refractivity contribution in [3.63, 3.8) is 0 Å². The van der Waals surface area contributed by atoms with E-state index in [1.165, 1.54) is 4.90 Å². The zero-order chi connectivity index (χ0) is 11.5. The number of thioether (sulfide) groups is 1. The second-order valence-corrected chi connectivity index (χ2v) is 4.40. The van der Waals surface area contributed by atoms with Crippen LogP contribution in [-0.4, -0.2) is 6.26 Å². The van der Waals surface area contributed by atoms with Crippen LogP contribution in [0.25, 0.3) is 11.1 Å². The third-order valence-electron chi connectivity index (χ3n) is 2.45. The SMILES string of the molecule is CSc1cccc(N)c1-c1cccc(N)c1. The van der Waals surface area contributed by atoms with Gasteiger partial charge in [0.15, 0.2) is 0 Å². The Balaban J connectivity index is 2.63. The second kappa shape index (κ2) is 4.49. The minimum Gasteiger partial charge on any atom is -0.399 e. The fourth-order valence-electron chi connectivity index (χ4n) is 1.72. The summed E-state index contributed by atoms with van der Waals surface area (Å²) in [5.41, 5.74) is 15.5. The summed E-state index contributed by atoms with van der Waals surface area (Å²) in [6, 6.07) is 13.8. The molecule has 82 valence electrons. The second-order valence-electron chi connectivity index (χ2n) is 3.55. The zero-order valence-electron chi connectivity index (χ0n) is 9.10. The van der Waals surface area contributed by atoms with Crippen LogP contribution >= 0.6 is 11.8 Å². The molecule has 0 aliphatic carbocycles. The molecule has 2 nitrogen and oxygen atoms in total. The Hall–Kier alpha value is -1.61. The van der Waals surface area contributed by atoms with E-state index in [0.29, 0.717) is 0 Å². The highest BCUT2D eigenvalue weighted by Gasteiger charge is 2.07. The number of nitrogens with two attached hydrogens (primary N) is 2. The standard InChI is InChI=1S/C13H14N2S/c1-16-12-7-3-6-11(15)13(12)9-4-2-5-10(14)8-9/h2-8H,14-15H2,1H3. The summed E-state index contributed by atoms with van der Waals surface area (Å²) >= 11 is 1.69. The Morgan fingerprint density at radius 1 is 1.00 bits per heavy atom. The van der Waals surface area contributed by atoms with E-state index in [1.54, 1.807) is 11.8 Å². The van der Waals surface area contributed by atoms with Crippen molar-refractivity contribution in [1.82, 2.24) is 0 Å². The lowest BCUT2D eigenvalue weighted by atomic mass is 10.0. The molecule has 0 bridgehead atoms. The fraction of sp³-hybridized carbons (Fsp3) is 0.0769. The molecule has 0 spiro atoms. The van der Waals surface area contributed by atoms with Gasteiger partial charge < -0.3 is 11.5 Å². The molecule has 0 saturated carbocycles. The van der Waals surface area contributed by atoms with Gasteiger partial charge in [-0.15, -0.1) is 11.8 Å². The van der Waals surface area contributed by atoms with Crippen LogP contribution in [0, 0.1) is 0 Å². The molecule has 0 heterocycles. The Bertz CT molecular complexity index is 509. The highest BCUT2D eigenvalue weighted by Crippen LogP contribution is 2.35. The van der Waals surface area contributed by atoms with Gasteiger partial charge in [0.2, 0.25) is 0 Å². The summed E-state index contributed by atoms with van der Waals surface area (Å²) in [4.78, 5) is 1.17. The van der Waals surface area contributed by atoms with E-state index in [1.807, 2.05) is 42.7 Å². The quantitative estimate of drug-likeness (QED) is 0.615. The summed E-state index contributed by atoms with van der Waals surface area (Å²) in [6.45, 7) is 0. The van der Waals surface area contributed by atoms with Crippen molar-refractivity contribution in [3.05, 3.63) is 42.5 Å². The first-order valence-electron chi connectivity index (χ1n) is 5.01. The van der Waals surface area contributed by atoms with Crippen molar-refractivity contribution in [1.29, 1.82) is 0 Å². The van der Waals surface area contributed by atoms with Crippen molar-refractivity contribution >= 4 is 23.1 Å². The summed E-state index contributed by atoms with van der Waals surface area (Å²) in [7, 11) is 0. The lowest BCUT2D eigenvalue weighted by molar-refractivity contribution is 1.45. The molecule has 0 radical (unpaired) electrons. The fourth-order valence-corrected chi connectivity index (χ4v) is 2.38. The molecule has 0 aliphatic heterocycles. The van der Waals surface area contributed by atoms with E-state index in [4.69, 9.17) is 11.5 Å². The molecule has 0 unspecified atom stereocenters. The van der Waals surface area contributed by atoms with Crippen molar-refractivity contribution in [2.45, 2.75) is 4.90 Å². The summed E-state index contributed by atoms with van der Waals surface area (Å²) in [5, 5.41) is 0. The van der Waals surface area contributed by atoms with Crippen LogP contribution < -0.4 is 11.5 Å². The van der Waals surface area contributed by atoms with Gasteiger partial charge in [-0.05, 0) is 36.1 Å². The first-order valence-corrected chi connectivity index (χ1v) is 6.23. The molecule has 2 aromatic rings. The molecule has 0 amide bonds. The van der Waals surface area contributed by atoms with Gasteiger partial charge in [-0.25, -0.2) is 0 Å². The molecule has 2 rings (SSSR count). The smallest absolute Gasteiger partial charge is 0.0405 e. The summed E-state index contributed by atoms with van der Waals surface area (Å²) in [6.07, 6.45) is 2.05. The molecule has 0 saturated heterocycles. The van der Waals surface area contributed by atoms with Gasteiger partial charge in [-0.1, -0.05) is 18.2 Å². The Kier molecular flexibility index (Phi) is 3.06. The molecule has 0 atom stereocenters. The minimum atomic E-state index is 0.757. The molecule has 16 heavy (non-hydrogen) atoms. The Morgan fingerprint density at radius 2 is 1.75 bits per heavy atom. The van der Waals surface area contributed by atoms with Gasteiger partial charge in [0, 0.05) is 21.8 Å². The average Bonchev–Trinajstić information content (AvgIpc) is 2.28. The van der Waals surface area contributed by atoms with E-state index in [-0.39, 0.29) is 0 Å². The molecule has 4 N–H and O–H groups in total. The predicted molar refractivity (Wildman–Crippen MR) is 72.5 cm³/mol. The molecule has 0 aliphatic rings. The van der Waals surface area contributed by atoms with Crippen LogP contribution in [0.4, 0.5) is 11.4 Å². The molecule has 0 fully saturated rings. The molecule has 0 aromatic heterocycles. The third kappa shape index (κ3) is 1.99. The number of rotatable bonds is 2. The van der Waals surface area contributed by atoms with Gasteiger partial charge in [-0.2, -0.15) is 0 Å². The number of hydrogen-bond donors (Lipinski definition) is 2. The van der Waals surface area contributed by atoms with E-state index >= 15 is 0 Å². The van der Waals surface area contributed by atoms with Gasteiger partial charge in [0.05, 0.1) is 0 Å². The van der Waals surface area contributed by atoms with Crippen LogP contribution in [0.5, 0.6) is 0 Å². The van der Waals surface area contributed by atoms with E-state index in [9.17, 15) is 0 Å². The van der Waals surface area contributed by atoms with Crippen LogP contribution in [-0.2, 0) is 0 Å². The maximum absolute atomic E-state index is 6.02. The van der Waals surface area contributed by atoms with Gasteiger partial charge in [0.1, 0.15) is 0 Å². The van der Waals surface area contributed by atoms with E-state index in [2.05, 4.69) is 6.07 Å². The maximum atomic E-state index is 6.02. The van der Waals surface area contributed by atoms with Gasteiger partial charge >= 0.3 is 0 Å². The van der Waals surface area contributed by atoms with E-state index in [0.717, 1.165) is 22.5 Å². The highest BCUT2D eigenvalue weighted by atomic mass is 32.2. The largest absolute Gasteiger partial charge is 0.399 e. The lowest BCUT2D eigenvalue weighted by Crippen LogP contribution is -1.93. The zero-order valence-corrected chi connectivity index (χ0v) is 9.92. The van der Waals surface area contributed by atoms with Crippen LogP contribution in [0.15, 0.2) is 47.4 Å². The van der Waals surface area contributed by atoms with Gasteiger partial charge in [-0.3, -0.25) is 0 Å². The number of benzene rings is 2. The Morgan fingerprint density at radius 3 is 2.44 bits per heavy atom. The molecule has 3 heteroatoms. The van der Waals surface area contributed by atoms with Crippen molar-refractivity contribution in [2.24, 2.45) is 0 Å². The Labute approximate surface area is 99.7 Å². The van der Waals surface area contributed by atoms with E-state index < -0.39 is 0 Å². The molecule has 2 aromatic carbocycles. The monoisotopic (exact) mass is 230 g/mol. The highest BCUT2D eigenvalue weighted by molar-refractivity contribution is 7.98. The van der Waals surface area contributed by atoms with Gasteiger partial charge in [0.25, 0.3) is 0 Å². The van der Waals surface area contributed by atoms with Crippen molar-refractivity contribution < 1.29 is 0 Å². The van der Waals surface area contributed by atoms with Crippen molar-refractivity contribution in [3.8, 4) is 11.1 Å². The predicted octanol–water partition coefficient (Wildman–Crippen LogP) is 3.24. The maximum Gasteiger partial charge on any atom is 0.0405 e.